The molecule has 1 heterocycles. The minimum Gasteiger partial charge on any atom is -0.451 e. The average Bonchev–Trinajstić information content (AvgIpc) is 2.63. The maximum Gasteiger partial charge on any atom is 0.267 e. The van der Waals surface area contributed by atoms with E-state index in [9.17, 15) is 9.59 Å². The number of carbonyl (C=O) groups excluding carboxylic acids is 2. The van der Waals surface area contributed by atoms with Gasteiger partial charge in [-0.1, -0.05) is 24.6 Å². The van der Waals surface area contributed by atoms with Crippen molar-refractivity contribution in [2.45, 2.75) is 38.8 Å². The quantitative estimate of drug-likeness (QED) is 0.546. The monoisotopic (exact) mass is 444 g/mol. The van der Waals surface area contributed by atoms with Crippen molar-refractivity contribution in [3.8, 4) is 11.5 Å². The third kappa shape index (κ3) is 6.56. The highest BCUT2D eigenvalue weighted by Gasteiger charge is 2.22. The van der Waals surface area contributed by atoms with E-state index in [0.717, 1.165) is 0 Å². The van der Waals surface area contributed by atoms with Crippen LogP contribution in [0.25, 0.3) is 0 Å². The smallest absolute Gasteiger partial charge is 0.267 e. The van der Waals surface area contributed by atoms with Crippen LogP contribution in [0.5, 0.6) is 11.5 Å². The van der Waals surface area contributed by atoms with Gasteiger partial charge in [0.05, 0.1) is 11.2 Å². The number of amides is 2. The SMILES string of the molecule is CC[C@@H](N[C@H](C)CC(N)=O)c1ccc(Cl)c(Oc2ccc(C(N)=O)nc2)c1F.Cl. The summed E-state index contributed by atoms with van der Waals surface area (Å²) in [6.45, 7) is 3.68. The number of hydrogen-bond acceptors (Lipinski definition) is 5. The topological polar surface area (TPSA) is 120 Å². The van der Waals surface area contributed by atoms with Crippen LogP contribution in [0.2, 0.25) is 5.02 Å². The van der Waals surface area contributed by atoms with Crippen LogP contribution in [0.3, 0.4) is 0 Å². The maximum atomic E-state index is 15.1. The first kappa shape index (κ1) is 24.6. The summed E-state index contributed by atoms with van der Waals surface area (Å²) in [5.41, 5.74) is 10.8. The fourth-order valence-electron chi connectivity index (χ4n) is 2.75. The fourth-order valence-corrected chi connectivity index (χ4v) is 2.93. The first-order valence-corrected chi connectivity index (χ1v) is 9.06. The zero-order valence-electron chi connectivity index (χ0n) is 15.9. The first-order valence-electron chi connectivity index (χ1n) is 8.68. The van der Waals surface area contributed by atoms with Crippen LogP contribution in [0.1, 0.15) is 48.8 Å². The van der Waals surface area contributed by atoms with Crippen LogP contribution in [-0.2, 0) is 4.79 Å². The van der Waals surface area contributed by atoms with E-state index in [4.69, 9.17) is 27.8 Å². The van der Waals surface area contributed by atoms with Crippen LogP contribution >= 0.6 is 24.0 Å². The van der Waals surface area contributed by atoms with E-state index >= 15 is 4.39 Å². The highest BCUT2D eigenvalue weighted by atomic mass is 35.5. The van der Waals surface area contributed by atoms with E-state index < -0.39 is 17.6 Å². The molecule has 2 amide bonds. The second-order valence-corrected chi connectivity index (χ2v) is 6.73. The number of nitrogens with one attached hydrogen (secondary N) is 1. The van der Waals surface area contributed by atoms with Crippen molar-refractivity contribution in [2.75, 3.05) is 0 Å². The number of rotatable bonds is 9. The lowest BCUT2D eigenvalue weighted by Gasteiger charge is -2.23. The standard InChI is InChI=1S/C19H22ClFN4O3.ClH/c1-3-14(25-10(2)8-16(22)26)12-5-6-13(20)18(17(12)21)28-11-4-7-15(19(23)27)24-9-11;/h4-7,9-10,14,25H,3,8H2,1-2H3,(H2,22,26)(H2,23,27);1H/t10-,14-;/m1./s1. The molecule has 0 saturated heterocycles. The van der Waals surface area contributed by atoms with Gasteiger partial charge in [0.2, 0.25) is 5.91 Å². The second-order valence-electron chi connectivity index (χ2n) is 6.32. The molecule has 2 rings (SSSR count). The number of hydrogen-bond donors (Lipinski definition) is 3. The zero-order valence-corrected chi connectivity index (χ0v) is 17.5. The van der Waals surface area contributed by atoms with Crippen molar-refractivity contribution in [1.29, 1.82) is 0 Å². The Hall–Kier alpha value is -2.42. The summed E-state index contributed by atoms with van der Waals surface area (Å²) in [6, 6.07) is 5.31. The summed E-state index contributed by atoms with van der Waals surface area (Å²) in [5, 5.41) is 3.27. The van der Waals surface area contributed by atoms with Gasteiger partial charge >= 0.3 is 0 Å². The van der Waals surface area contributed by atoms with Crippen LogP contribution in [0.4, 0.5) is 4.39 Å². The minimum absolute atomic E-state index is 0. The second kappa shape index (κ2) is 10.9. The first-order chi connectivity index (χ1) is 13.2. The molecule has 0 spiro atoms. The molecule has 0 aliphatic carbocycles. The Bertz CT molecular complexity index is 865. The number of aromatic nitrogens is 1. The lowest BCUT2D eigenvalue weighted by Crippen LogP contribution is -2.34. The fraction of sp³-hybridized carbons (Fsp3) is 0.316. The summed E-state index contributed by atoms with van der Waals surface area (Å²) < 4.78 is 20.7. The highest BCUT2D eigenvalue weighted by molar-refractivity contribution is 6.32. The highest BCUT2D eigenvalue weighted by Crippen LogP contribution is 2.36. The average molecular weight is 445 g/mol. The minimum atomic E-state index is -0.681. The third-order valence-electron chi connectivity index (χ3n) is 4.06. The Kier molecular flexibility index (Phi) is 9.29. The van der Waals surface area contributed by atoms with Gasteiger partial charge in [-0.2, -0.15) is 0 Å². The lowest BCUT2D eigenvalue weighted by molar-refractivity contribution is -0.118. The molecule has 0 radical (unpaired) electrons. The summed E-state index contributed by atoms with van der Waals surface area (Å²) >= 11 is 6.11. The molecule has 0 aliphatic rings. The molecule has 0 unspecified atom stereocenters. The molecule has 0 fully saturated rings. The Morgan fingerprint density at radius 3 is 2.48 bits per heavy atom. The van der Waals surface area contributed by atoms with E-state index in [1.54, 1.807) is 13.0 Å². The largest absolute Gasteiger partial charge is 0.451 e. The van der Waals surface area contributed by atoms with Crippen LogP contribution in [0.15, 0.2) is 30.5 Å². The number of primary amides is 2. The summed E-state index contributed by atoms with van der Waals surface area (Å²) in [5.74, 6) is -1.71. The Labute approximate surface area is 179 Å². The molecule has 158 valence electrons. The van der Waals surface area contributed by atoms with E-state index in [-0.39, 0.29) is 53.1 Å². The van der Waals surface area contributed by atoms with Crippen LogP contribution in [0, 0.1) is 5.82 Å². The van der Waals surface area contributed by atoms with E-state index in [0.29, 0.717) is 12.0 Å². The lowest BCUT2D eigenvalue weighted by atomic mass is 10.0. The molecule has 29 heavy (non-hydrogen) atoms. The van der Waals surface area contributed by atoms with E-state index in [2.05, 4.69) is 10.3 Å². The predicted octanol–water partition coefficient (Wildman–Crippen LogP) is 3.49. The normalized spacial score (nSPS) is 12.6. The number of benzene rings is 1. The van der Waals surface area contributed by atoms with Crippen molar-refractivity contribution in [2.24, 2.45) is 11.5 Å². The molecular formula is C19H23Cl2FN4O3. The number of pyridine rings is 1. The molecule has 10 heteroatoms. The predicted molar refractivity (Wildman–Crippen MR) is 111 cm³/mol. The molecule has 7 nitrogen and oxygen atoms in total. The van der Waals surface area contributed by atoms with Gasteiger partial charge in [-0.3, -0.25) is 9.59 Å². The van der Waals surface area contributed by atoms with E-state index in [1.807, 2.05) is 6.92 Å². The van der Waals surface area contributed by atoms with Gasteiger partial charge < -0.3 is 21.5 Å². The van der Waals surface area contributed by atoms with Crippen molar-refractivity contribution in [3.63, 3.8) is 0 Å². The molecule has 5 N–H and O–H groups in total. The van der Waals surface area contributed by atoms with Gasteiger partial charge in [-0.05, 0) is 31.5 Å². The summed E-state index contributed by atoms with van der Waals surface area (Å²) in [7, 11) is 0. The molecular weight excluding hydrogens is 422 g/mol. The number of nitrogens with zero attached hydrogens (tertiary/aromatic N) is 1. The molecule has 1 aromatic carbocycles. The molecule has 2 atom stereocenters. The van der Waals surface area contributed by atoms with Gasteiger partial charge in [-0.15, -0.1) is 12.4 Å². The van der Waals surface area contributed by atoms with Gasteiger partial charge in [0.25, 0.3) is 5.91 Å². The van der Waals surface area contributed by atoms with Crippen LogP contribution in [-0.4, -0.2) is 22.8 Å². The molecule has 0 aliphatic heterocycles. The molecule has 0 saturated carbocycles. The van der Waals surface area contributed by atoms with E-state index in [1.165, 1.54) is 24.4 Å². The number of nitrogens with two attached hydrogens (primary N) is 2. The number of ether oxygens (including phenoxy) is 1. The summed E-state index contributed by atoms with van der Waals surface area (Å²) in [6.07, 6.45) is 1.95. The Morgan fingerprint density at radius 1 is 1.28 bits per heavy atom. The molecule has 2 aromatic rings. The Morgan fingerprint density at radius 2 is 1.97 bits per heavy atom. The van der Waals surface area contributed by atoms with Gasteiger partial charge in [-0.25, -0.2) is 9.37 Å². The Balaban J connectivity index is 0.00000420. The van der Waals surface area contributed by atoms with Gasteiger partial charge in [0.1, 0.15) is 11.4 Å². The third-order valence-corrected chi connectivity index (χ3v) is 4.36. The zero-order chi connectivity index (χ0) is 20.8. The summed E-state index contributed by atoms with van der Waals surface area (Å²) in [4.78, 5) is 26.0. The van der Waals surface area contributed by atoms with Gasteiger partial charge in [0.15, 0.2) is 11.6 Å². The molecule has 1 aromatic heterocycles. The van der Waals surface area contributed by atoms with Crippen molar-refractivity contribution >= 4 is 35.8 Å². The number of halogens is 3. The van der Waals surface area contributed by atoms with Crippen LogP contribution < -0.4 is 21.5 Å². The molecule has 0 bridgehead atoms. The van der Waals surface area contributed by atoms with Crippen molar-refractivity contribution in [3.05, 3.63) is 52.6 Å². The maximum absolute atomic E-state index is 15.1. The van der Waals surface area contributed by atoms with Crippen molar-refractivity contribution < 1.29 is 18.7 Å². The van der Waals surface area contributed by atoms with Crippen molar-refractivity contribution in [1.82, 2.24) is 10.3 Å². The van der Waals surface area contributed by atoms with Gasteiger partial charge in [0, 0.05) is 24.1 Å². The number of carbonyl (C=O) groups is 2.